The maximum Gasteiger partial charge on any atom is 0.336 e. The van der Waals surface area contributed by atoms with Crippen LogP contribution in [0, 0.1) is 0 Å². The number of carbonyl (C=O) groups is 2. The molecule has 0 saturated heterocycles. The van der Waals surface area contributed by atoms with Gasteiger partial charge in [-0.3, -0.25) is 0 Å². The predicted molar refractivity (Wildman–Crippen MR) is 58.9 cm³/mol. The summed E-state index contributed by atoms with van der Waals surface area (Å²) in [5.74, 6) is -1.14. The molecule has 0 aliphatic rings. The highest BCUT2D eigenvalue weighted by Crippen LogP contribution is 1.97. The van der Waals surface area contributed by atoms with E-state index in [1.807, 2.05) is 0 Å². The Hall–Kier alpha value is -1.82. The molecule has 0 radical (unpaired) electrons. The average molecular weight is 244 g/mol. The summed E-state index contributed by atoms with van der Waals surface area (Å²) >= 11 is 0. The zero-order valence-electron chi connectivity index (χ0n) is 9.68. The van der Waals surface area contributed by atoms with Gasteiger partial charge in [0.05, 0.1) is 18.4 Å². The largest absolute Gasteiger partial charge is 0.498 e. The van der Waals surface area contributed by atoms with Crippen molar-refractivity contribution in [2.24, 2.45) is 0 Å². The maximum absolute atomic E-state index is 11.3. The third-order valence-electron chi connectivity index (χ3n) is 1.52. The van der Waals surface area contributed by atoms with Gasteiger partial charge in [-0.1, -0.05) is 6.58 Å². The Balaban J connectivity index is 3.74. The van der Waals surface area contributed by atoms with E-state index in [1.54, 1.807) is 0 Å². The van der Waals surface area contributed by atoms with E-state index in [0.29, 0.717) is 0 Å². The molecular weight excluding hydrogens is 228 g/mol. The van der Waals surface area contributed by atoms with E-state index in [1.165, 1.54) is 13.2 Å². The quantitative estimate of drug-likeness (QED) is 0.284. The minimum absolute atomic E-state index is 0.0264. The molecule has 0 fully saturated rings. The Kier molecular flexibility index (Phi) is 8.40. The standard InChI is InChI=1S/C11H16O6/c1-3-10(13)16-6-7-17-11(14)9(2)8-15-5-4-12/h3,8,12H,1,4-7H2,2H3. The lowest BCUT2D eigenvalue weighted by atomic mass is 10.3. The van der Waals surface area contributed by atoms with Crippen molar-refractivity contribution in [2.45, 2.75) is 6.92 Å². The summed E-state index contributed by atoms with van der Waals surface area (Å²) in [5, 5.41) is 8.44. The number of rotatable bonds is 8. The van der Waals surface area contributed by atoms with Crippen molar-refractivity contribution < 1.29 is 28.9 Å². The highest BCUT2D eigenvalue weighted by molar-refractivity contribution is 5.87. The number of aliphatic hydroxyl groups is 1. The van der Waals surface area contributed by atoms with Crippen LogP contribution in [-0.2, 0) is 23.8 Å². The summed E-state index contributed by atoms with van der Waals surface area (Å²) in [7, 11) is 0. The van der Waals surface area contributed by atoms with Crippen molar-refractivity contribution in [3.05, 3.63) is 24.5 Å². The zero-order valence-corrected chi connectivity index (χ0v) is 9.68. The van der Waals surface area contributed by atoms with Crippen molar-refractivity contribution in [2.75, 3.05) is 26.4 Å². The Morgan fingerprint density at radius 1 is 1.24 bits per heavy atom. The Bertz CT molecular complexity index is 294. The lowest BCUT2D eigenvalue weighted by Gasteiger charge is -2.05. The molecule has 0 amide bonds. The fourth-order valence-corrected chi connectivity index (χ4v) is 0.734. The molecule has 0 aromatic heterocycles. The minimum Gasteiger partial charge on any atom is -0.498 e. The van der Waals surface area contributed by atoms with Crippen molar-refractivity contribution >= 4 is 11.9 Å². The van der Waals surface area contributed by atoms with Crippen LogP contribution in [0.25, 0.3) is 0 Å². The second-order valence-electron chi connectivity index (χ2n) is 2.90. The minimum atomic E-state index is -0.572. The molecular formula is C11H16O6. The number of esters is 2. The third kappa shape index (κ3) is 8.04. The molecule has 0 spiro atoms. The van der Waals surface area contributed by atoms with E-state index in [4.69, 9.17) is 14.6 Å². The van der Waals surface area contributed by atoms with Gasteiger partial charge in [0.25, 0.3) is 0 Å². The first-order valence-corrected chi connectivity index (χ1v) is 4.97. The second-order valence-corrected chi connectivity index (χ2v) is 2.90. The normalized spacial score (nSPS) is 10.6. The summed E-state index contributed by atoms with van der Waals surface area (Å²) in [6, 6.07) is 0. The molecule has 0 heterocycles. The summed E-state index contributed by atoms with van der Waals surface area (Å²) < 4.78 is 14.2. The highest BCUT2D eigenvalue weighted by atomic mass is 16.6. The monoisotopic (exact) mass is 244 g/mol. The average Bonchev–Trinajstić information content (AvgIpc) is 2.34. The van der Waals surface area contributed by atoms with Crippen LogP contribution in [0.5, 0.6) is 0 Å². The Morgan fingerprint density at radius 3 is 2.47 bits per heavy atom. The number of hydrogen-bond donors (Lipinski definition) is 1. The van der Waals surface area contributed by atoms with Crippen LogP contribution in [0.15, 0.2) is 24.5 Å². The van der Waals surface area contributed by atoms with E-state index in [9.17, 15) is 9.59 Å². The molecule has 0 unspecified atom stereocenters. The van der Waals surface area contributed by atoms with Crippen molar-refractivity contribution in [1.82, 2.24) is 0 Å². The summed E-state index contributed by atoms with van der Waals surface area (Å²) in [6.07, 6.45) is 2.23. The van der Waals surface area contributed by atoms with Crippen LogP contribution in [0.3, 0.4) is 0 Å². The molecule has 0 bridgehead atoms. The van der Waals surface area contributed by atoms with Crippen LogP contribution < -0.4 is 0 Å². The van der Waals surface area contributed by atoms with Gasteiger partial charge in [-0.05, 0) is 6.92 Å². The van der Waals surface area contributed by atoms with E-state index >= 15 is 0 Å². The smallest absolute Gasteiger partial charge is 0.336 e. The summed E-state index contributed by atoms with van der Waals surface area (Å²) in [5.41, 5.74) is 0.258. The van der Waals surface area contributed by atoms with Crippen LogP contribution >= 0.6 is 0 Å². The fraction of sp³-hybridized carbons (Fsp3) is 0.455. The topological polar surface area (TPSA) is 82.1 Å². The second kappa shape index (κ2) is 9.41. The van der Waals surface area contributed by atoms with Crippen molar-refractivity contribution in [3.63, 3.8) is 0 Å². The lowest BCUT2D eigenvalue weighted by molar-refractivity contribution is -0.146. The van der Waals surface area contributed by atoms with Gasteiger partial charge in [0.15, 0.2) is 0 Å². The van der Waals surface area contributed by atoms with Gasteiger partial charge in [0.2, 0.25) is 0 Å². The molecule has 1 N–H and O–H groups in total. The lowest BCUT2D eigenvalue weighted by Crippen LogP contribution is -2.13. The van der Waals surface area contributed by atoms with Gasteiger partial charge >= 0.3 is 11.9 Å². The first-order chi connectivity index (χ1) is 8.11. The molecule has 0 aromatic carbocycles. The molecule has 0 aliphatic carbocycles. The van der Waals surface area contributed by atoms with E-state index in [0.717, 1.165) is 6.08 Å². The van der Waals surface area contributed by atoms with E-state index in [2.05, 4.69) is 11.3 Å². The van der Waals surface area contributed by atoms with E-state index < -0.39 is 11.9 Å². The molecule has 6 nitrogen and oxygen atoms in total. The van der Waals surface area contributed by atoms with Gasteiger partial charge in [0, 0.05) is 6.08 Å². The number of aliphatic hydroxyl groups excluding tert-OH is 1. The van der Waals surface area contributed by atoms with Crippen LogP contribution in [0.4, 0.5) is 0 Å². The first-order valence-electron chi connectivity index (χ1n) is 4.97. The van der Waals surface area contributed by atoms with Crippen LogP contribution in [-0.4, -0.2) is 43.5 Å². The SMILES string of the molecule is C=CC(=O)OCCOC(=O)C(C)=COCCO. The predicted octanol–water partition coefficient (Wildman–Crippen LogP) is 0.171. The van der Waals surface area contributed by atoms with Crippen molar-refractivity contribution in [1.29, 1.82) is 0 Å². The van der Waals surface area contributed by atoms with Gasteiger partial charge in [0.1, 0.15) is 19.8 Å². The molecule has 6 heteroatoms. The first kappa shape index (κ1) is 15.2. The van der Waals surface area contributed by atoms with Gasteiger partial charge in [-0.15, -0.1) is 0 Å². The summed E-state index contributed by atoms with van der Waals surface area (Å²) in [6.45, 7) is 4.65. The Labute approximate surface area is 99.5 Å². The molecule has 0 atom stereocenters. The highest BCUT2D eigenvalue weighted by Gasteiger charge is 2.06. The zero-order chi connectivity index (χ0) is 13.1. The number of carbonyl (C=O) groups excluding carboxylic acids is 2. The van der Waals surface area contributed by atoms with Gasteiger partial charge in [-0.25, -0.2) is 9.59 Å². The number of ether oxygens (including phenoxy) is 3. The Morgan fingerprint density at radius 2 is 1.88 bits per heavy atom. The number of hydrogen-bond acceptors (Lipinski definition) is 6. The summed E-state index contributed by atoms with van der Waals surface area (Å²) in [4.78, 5) is 21.9. The molecule has 96 valence electrons. The van der Waals surface area contributed by atoms with Crippen molar-refractivity contribution in [3.8, 4) is 0 Å². The van der Waals surface area contributed by atoms with Crippen LogP contribution in [0.1, 0.15) is 6.92 Å². The van der Waals surface area contributed by atoms with Gasteiger partial charge in [-0.2, -0.15) is 0 Å². The van der Waals surface area contributed by atoms with Crippen LogP contribution in [0.2, 0.25) is 0 Å². The fourth-order valence-electron chi connectivity index (χ4n) is 0.734. The molecule has 0 rings (SSSR count). The third-order valence-corrected chi connectivity index (χ3v) is 1.52. The van der Waals surface area contributed by atoms with Gasteiger partial charge < -0.3 is 19.3 Å². The molecule has 0 aliphatic heterocycles. The maximum atomic E-state index is 11.3. The molecule has 17 heavy (non-hydrogen) atoms. The van der Waals surface area contributed by atoms with E-state index in [-0.39, 0.29) is 32.0 Å². The molecule has 0 aromatic rings. The molecule has 0 saturated carbocycles.